The van der Waals surface area contributed by atoms with Gasteiger partial charge in [-0.25, -0.2) is 0 Å². The smallest absolute Gasteiger partial charge is 0.0667 e. The van der Waals surface area contributed by atoms with Crippen LogP contribution in [0.2, 0.25) is 0 Å². The van der Waals surface area contributed by atoms with Crippen LogP contribution in [0.5, 0.6) is 0 Å². The van der Waals surface area contributed by atoms with Crippen LogP contribution >= 0.6 is 0 Å². The van der Waals surface area contributed by atoms with E-state index in [4.69, 9.17) is 4.74 Å². The molecule has 0 saturated heterocycles. The van der Waals surface area contributed by atoms with Crippen LogP contribution in [0.1, 0.15) is 5.56 Å². The lowest BCUT2D eigenvalue weighted by atomic mass is 10.1. The van der Waals surface area contributed by atoms with Crippen molar-refractivity contribution in [3.8, 4) is 0 Å². The first-order valence-electron chi connectivity index (χ1n) is 6.08. The number of anilines is 1. The van der Waals surface area contributed by atoms with Crippen molar-refractivity contribution in [2.75, 3.05) is 19.0 Å². The molecule has 2 rings (SSSR count). The molecular formula is C15H18N2O. The van der Waals surface area contributed by atoms with E-state index in [0.29, 0.717) is 6.61 Å². The maximum atomic E-state index is 5.27. The number of rotatable bonds is 6. The summed E-state index contributed by atoms with van der Waals surface area (Å²) in [6, 6.07) is 14.6. The van der Waals surface area contributed by atoms with Gasteiger partial charge in [-0.3, -0.25) is 4.98 Å². The Morgan fingerprint density at radius 1 is 1.17 bits per heavy atom. The van der Waals surface area contributed by atoms with Crippen LogP contribution in [0.25, 0.3) is 0 Å². The van der Waals surface area contributed by atoms with E-state index in [9.17, 15) is 0 Å². The molecule has 0 fully saturated rings. The minimum absolute atomic E-state index is 0.251. The molecule has 1 heterocycles. The summed E-state index contributed by atoms with van der Waals surface area (Å²) in [6.07, 6.45) is 4.53. The predicted octanol–water partition coefficient (Wildman–Crippen LogP) is 2.75. The van der Waals surface area contributed by atoms with Gasteiger partial charge in [0, 0.05) is 19.5 Å². The topological polar surface area (TPSA) is 34.1 Å². The van der Waals surface area contributed by atoms with Crippen molar-refractivity contribution in [2.45, 2.75) is 12.5 Å². The molecule has 3 nitrogen and oxygen atoms in total. The Bertz CT molecular complexity index is 403. The zero-order chi connectivity index (χ0) is 12.6. The number of ether oxygens (including phenoxy) is 1. The fraction of sp³-hybridized carbons (Fsp3) is 0.267. The molecule has 1 N–H and O–H groups in total. The third-order valence-corrected chi connectivity index (χ3v) is 2.73. The SMILES string of the molecule is COC[C@H](Cc1ccccc1)Nc1cccnc1. The summed E-state index contributed by atoms with van der Waals surface area (Å²) >= 11 is 0. The van der Waals surface area contributed by atoms with Crippen LogP contribution < -0.4 is 5.32 Å². The van der Waals surface area contributed by atoms with Crippen LogP contribution in [0, 0.1) is 0 Å². The van der Waals surface area contributed by atoms with E-state index in [1.807, 2.05) is 24.4 Å². The third kappa shape index (κ3) is 3.86. The van der Waals surface area contributed by atoms with Gasteiger partial charge >= 0.3 is 0 Å². The highest BCUT2D eigenvalue weighted by Gasteiger charge is 2.09. The number of hydrogen-bond acceptors (Lipinski definition) is 3. The fourth-order valence-electron chi connectivity index (χ4n) is 1.94. The van der Waals surface area contributed by atoms with Gasteiger partial charge in [-0.05, 0) is 24.1 Å². The monoisotopic (exact) mass is 242 g/mol. The number of nitrogens with zero attached hydrogens (tertiary/aromatic N) is 1. The van der Waals surface area contributed by atoms with E-state index in [1.165, 1.54) is 5.56 Å². The molecule has 1 atom stereocenters. The van der Waals surface area contributed by atoms with Crippen molar-refractivity contribution in [3.63, 3.8) is 0 Å². The summed E-state index contributed by atoms with van der Waals surface area (Å²) in [5.41, 5.74) is 2.33. The predicted molar refractivity (Wildman–Crippen MR) is 73.7 cm³/mol. The van der Waals surface area contributed by atoms with Gasteiger partial charge in [0.05, 0.1) is 18.3 Å². The van der Waals surface area contributed by atoms with Gasteiger partial charge in [0.15, 0.2) is 0 Å². The van der Waals surface area contributed by atoms with Gasteiger partial charge in [-0.2, -0.15) is 0 Å². The summed E-state index contributed by atoms with van der Waals surface area (Å²) in [5, 5.41) is 3.44. The Balaban J connectivity index is 2.00. The lowest BCUT2D eigenvalue weighted by Crippen LogP contribution is -2.27. The van der Waals surface area contributed by atoms with Gasteiger partial charge < -0.3 is 10.1 Å². The van der Waals surface area contributed by atoms with E-state index in [1.54, 1.807) is 13.3 Å². The van der Waals surface area contributed by atoms with Crippen LogP contribution in [-0.2, 0) is 11.2 Å². The number of nitrogens with one attached hydrogen (secondary N) is 1. The molecule has 2 aromatic rings. The van der Waals surface area contributed by atoms with Crippen molar-refractivity contribution in [2.24, 2.45) is 0 Å². The van der Waals surface area contributed by atoms with Crippen LogP contribution in [0.15, 0.2) is 54.9 Å². The zero-order valence-electron chi connectivity index (χ0n) is 10.5. The van der Waals surface area contributed by atoms with E-state index >= 15 is 0 Å². The number of hydrogen-bond donors (Lipinski definition) is 1. The molecule has 0 aliphatic carbocycles. The first-order valence-corrected chi connectivity index (χ1v) is 6.08. The highest BCUT2D eigenvalue weighted by molar-refractivity contribution is 5.41. The Labute approximate surface area is 108 Å². The summed E-state index contributed by atoms with van der Waals surface area (Å²) in [5.74, 6) is 0. The minimum Gasteiger partial charge on any atom is -0.383 e. The fourth-order valence-corrected chi connectivity index (χ4v) is 1.94. The standard InChI is InChI=1S/C15H18N2O/c1-18-12-15(10-13-6-3-2-4-7-13)17-14-8-5-9-16-11-14/h2-9,11,15,17H,10,12H2,1H3/t15-/m0/s1. The second-order valence-corrected chi connectivity index (χ2v) is 4.23. The molecule has 0 bridgehead atoms. The second-order valence-electron chi connectivity index (χ2n) is 4.23. The molecule has 18 heavy (non-hydrogen) atoms. The molecule has 0 radical (unpaired) electrons. The lowest BCUT2D eigenvalue weighted by molar-refractivity contribution is 0.185. The van der Waals surface area contributed by atoms with Crippen molar-refractivity contribution in [3.05, 3.63) is 60.4 Å². The van der Waals surface area contributed by atoms with Crippen molar-refractivity contribution >= 4 is 5.69 Å². The van der Waals surface area contributed by atoms with Crippen LogP contribution in [0.3, 0.4) is 0 Å². The first kappa shape index (κ1) is 12.6. The Morgan fingerprint density at radius 3 is 2.67 bits per heavy atom. The van der Waals surface area contributed by atoms with Crippen molar-refractivity contribution < 1.29 is 4.74 Å². The second kappa shape index (κ2) is 6.77. The molecule has 0 unspecified atom stereocenters. The zero-order valence-corrected chi connectivity index (χ0v) is 10.5. The largest absolute Gasteiger partial charge is 0.383 e. The van der Waals surface area contributed by atoms with Crippen LogP contribution in [-0.4, -0.2) is 24.7 Å². The molecular weight excluding hydrogens is 224 g/mol. The molecule has 3 heteroatoms. The first-order chi connectivity index (χ1) is 8.88. The maximum absolute atomic E-state index is 5.27. The number of methoxy groups -OCH3 is 1. The molecule has 0 aliphatic heterocycles. The van der Waals surface area contributed by atoms with E-state index in [2.05, 4.69) is 34.6 Å². The number of benzene rings is 1. The summed E-state index contributed by atoms with van der Waals surface area (Å²) < 4.78 is 5.27. The Hall–Kier alpha value is -1.87. The number of pyridine rings is 1. The molecule has 0 spiro atoms. The molecule has 1 aromatic heterocycles. The van der Waals surface area contributed by atoms with Gasteiger partial charge in [0.2, 0.25) is 0 Å². The van der Waals surface area contributed by atoms with Gasteiger partial charge in [0.25, 0.3) is 0 Å². The minimum atomic E-state index is 0.251. The Kier molecular flexibility index (Phi) is 4.73. The maximum Gasteiger partial charge on any atom is 0.0667 e. The molecule has 0 amide bonds. The average molecular weight is 242 g/mol. The highest BCUT2D eigenvalue weighted by Crippen LogP contribution is 2.10. The van der Waals surface area contributed by atoms with E-state index in [0.717, 1.165) is 12.1 Å². The summed E-state index contributed by atoms with van der Waals surface area (Å²) in [4.78, 5) is 4.10. The van der Waals surface area contributed by atoms with Crippen molar-refractivity contribution in [1.82, 2.24) is 4.98 Å². The molecule has 94 valence electrons. The van der Waals surface area contributed by atoms with E-state index < -0.39 is 0 Å². The third-order valence-electron chi connectivity index (χ3n) is 2.73. The van der Waals surface area contributed by atoms with Crippen molar-refractivity contribution in [1.29, 1.82) is 0 Å². The quantitative estimate of drug-likeness (QED) is 0.845. The normalized spacial score (nSPS) is 12.1. The van der Waals surface area contributed by atoms with Gasteiger partial charge in [0.1, 0.15) is 0 Å². The highest BCUT2D eigenvalue weighted by atomic mass is 16.5. The molecule has 1 aromatic carbocycles. The Morgan fingerprint density at radius 2 is 2.00 bits per heavy atom. The van der Waals surface area contributed by atoms with Gasteiger partial charge in [-0.1, -0.05) is 30.3 Å². The molecule has 0 saturated carbocycles. The van der Waals surface area contributed by atoms with Gasteiger partial charge in [-0.15, -0.1) is 0 Å². The summed E-state index contributed by atoms with van der Waals surface area (Å²) in [6.45, 7) is 0.670. The average Bonchev–Trinajstić information content (AvgIpc) is 2.41. The summed E-state index contributed by atoms with van der Waals surface area (Å²) in [7, 11) is 1.73. The number of aromatic nitrogens is 1. The lowest BCUT2D eigenvalue weighted by Gasteiger charge is -2.19. The molecule has 0 aliphatic rings. The van der Waals surface area contributed by atoms with E-state index in [-0.39, 0.29) is 6.04 Å². The van der Waals surface area contributed by atoms with Crippen LogP contribution in [0.4, 0.5) is 5.69 Å².